The van der Waals surface area contributed by atoms with E-state index in [4.69, 9.17) is 22.9 Å². The van der Waals surface area contributed by atoms with Crippen molar-refractivity contribution in [1.82, 2.24) is 44.0 Å². The van der Waals surface area contributed by atoms with E-state index in [0.717, 1.165) is 111 Å². The molecule has 489 valence electrons. The first kappa shape index (κ1) is 78.7. The number of carbonyl (C=O) groups excluding carboxylic acids is 1. The minimum absolute atomic E-state index is 0. The fraction of sp³-hybridized carbons (Fsp3) is 0.484. The summed E-state index contributed by atoms with van der Waals surface area (Å²) in [5.41, 5.74) is 19.1. The number of nitro benzene ring substituents is 2. The predicted octanol–water partition coefficient (Wildman–Crippen LogP) is 4.56. The van der Waals surface area contributed by atoms with Crippen LogP contribution in [-0.2, 0) is 9.68 Å². The summed E-state index contributed by atoms with van der Waals surface area (Å²) in [5, 5.41) is 39.7. The summed E-state index contributed by atoms with van der Waals surface area (Å²) in [4.78, 5) is 70.7. The van der Waals surface area contributed by atoms with E-state index in [1.54, 1.807) is 37.3 Å². The van der Waals surface area contributed by atoms with Crippen LogP contribution in [0.4, 0.5) is 32.8 Å². The van der Waals surface area contributed by atoms with Crippen LogP contribution < -0.4 is 95.4 Å². The van der Waals surface area contributed by atoms with E-state index < -0.39 is 7.15 Å². The van der Waals surface area contributed by atoms with Gasteiger partial charge in [-0.3, -0.25) is 38.5 Å². The molecular formula is C64H95FK2N15O9. The second kappa shape index (κ2) is 44.0. The van der Waals surface area contributed by atoms with E-state index in [-0.39, 0.29) is 143 Å². The number of nitrogens with one attached hydrogen (secondary N) is 5. The second-order valence-corrected chi connectivity index (χ2v) is 22.8. The topological polar surface area (TPSA) is 312 Å². The van der Waals surface area contributed by atoms with Gasteiger partial charge in [0.1, 0.15) is 5.69 Å². The van der Waals surface area contributed by atoms with E-state index >= 15 is 0 Å². The number of para-hydroxylation sites is 9. The summed E-state index contributed by atoms with van der Waals surface area (Å²) in [6.45, 7) is 12.5. The molecule has 9 N–H and O–H groups in total. The third-order valence-electron chi connectivity index (χ3n) is 16.3. The van der Waals surface area contributed by atoms with Gasteiger partial charge in [0, 0.05) is 101 Å². The van der Waals surface area contributed by atoms with Gasteiger partial charge in [0.2, 0.25) is 0 Å². The van der Waals surface area contributed by atoms with Gasteiger partial charge in [0.05, 0.1) is 51.8 Å². The van der Waals surface area contributed by atoms with Crippen molar-refractivity contribution in [1.29, 1.82) is 0 Å². The van der Waals surface area contributed by atoms with Crippen molar-refractivity contribution in [2.45, 2.75) is 101 Å². The number of nitrogens with two attached hydrogens (primary N) is 2. The molecule has 7 heterocycles. The quantitative estimate of drug-likeness (QED) is 0.0260. The number of carbonyl (C=O) groups is 1. The van der Waals surface area contributed by atoms with Crippen LogP contribution >= 0.6 is 0 Å². The van der Waals surface area contributed by atoms with Gasteiger partial charge in [0.15, 0.2) is 0 Å². The monoisotopic (exact) mass is 1320 g/mol. The van der Waals surface area contributed by atoms with Crippen molar-refractivity contribution in [2.75, 3.05) is 117 Å². The summed E-state index contributed by atoms with van der Waals surface area (Å²) < 4.78 is 19.3. The minimum Gasteiger partial charge on any atom is -0.662 e. The molecule has 5 fully saturated rings. The van der Waals surface area contributed by atoms with E-state index in [9.17, 15) is 34.2 Å². The maximum Gasteiger partial charge on any atom is 1.00 e. The van der Waals surface area contributed by atoms with Gasteiger partial charge in [-0.05, 0) is 207 Å². The fourth-order valence-electron chi connectivity index (χ4n) is 11.1. The number of imidazole rings is 2. The number of hydrogen-bond donors (Lipinski definition) is 7. The van der Waals surface area contributed by atoms with Crippen molar-refractivity contribution < 1.29 is 83.4 Å². The van der Waals surface area contributed by atoms with Crippen LogP contribution in [-0.4, -0.2) is 225 Å². The number of likely N-dealkylation sites (tertiary alicyclic amines) is 4. The third kappa shape index (κ3) is 27.2. The summed E-state index contributed by atoms with van der Waals surface area (Å²) in [6.07, 6.45) is 11.0. The van der Waals surface area contributed by atoms with Crippen LogP contribution in [0, 0.1) is 27.2 Å². The van der Waals surface area contributed by atoms with Crippen LogP contribution in [0.15, 0.2) is 131 Å². The van der Waals surface area contributed by atoms with Crippen LogP contribution in [0.1, 0.15) is 84.7 Å². The third-order valence-corrected chi connectivity index (χ3v) is 16.3. The van der Waals surface area contributed by atoms with Crippen molar-refractivity contribution in [3.63, 3.8) is 0 Å². The number of rotatable bonds is 9. The van der Waals surface area contributed by atoms with Crippen LogP contribution in [0.25, 0.3) is 22.1 Å². The number of piperidine rings is 5. The summed E-state index contributed by atoms with van der Waals surface area (Å²) in [7, 11) is 7.55. The average Bonchev–Trinajstić information content (AvgIpc) is 1.67. The number of alkyl halides is 1. The van der Waals surface area contributed by atoms with Gasteiger partial charge in [-0.25, -0.2) is 9.59 Å². The van der Waals surface area contributed by atoms with Crippen molar-refractivity contribution in [3.8, 4) is 0 Å². The zero-order valence-corrected chi connectivity index (χ0v) is 60.4. The number of hydrogen-bond acceptors (Lipinski definition) is 18. The molecule has 91 heavy (non-hydrogen) atoms. The summed E-state index contributed by atoms with van der Waals surface area (Å²) >= 11 is 0. The molecule has 2 aromatic heterocycles. The van der Waals surface area contributed by atoms with Crippen LogP contribution in [0.2, 0.25) is 0 Å². The second-order valence-electron chi connectivity index (χ2n) is 22.8. The van der Waals surface area contributed by atoms with Crippen LogP contribution in [0.5, 0.6) is 0 Å². The first-order chi connectivity index (χ1) is 43.4. The molecule has 1 radical (unpaired) electrons. The molecular weight excluding hydrogens is 1220 g/mol. The number of benzene rings is 5. The number of aromatic amines is 2. The maximum atomic E-state index is 12.0. The molecule has 0 atom stereocenters. The number of aromatic nitrogens is 4. The molecule has 27 heteroatoms. The standard InChI is InChI=1S/C13H17N3O.C12H17N3O2.C12H15N3O.C12H19N3.C7H7NO2.C6H14N2.CH3F.CH2O3.2K.H2/c1-15-8-6-10(7-9-15)16-12-5-3-2-4-11(12)14-13(16)17;1-14-8-6-10(7-9-14)13-11-4-2-3-5-12(11)15(16)17;16-12-14-10-3-1-2-4-11(10)15(12)9-5-7-13-8-6-9;1-15-8-6-10(7-9-15)14-12-5-3-2-4-11(12)13;1-6-4-2-3-5-7(6)8(9)10;1-8-4-2-6(7)3-5-8;1-2;2-1-4-3;;;/h2-5,10H,6-9H2,1H3,(H,14,17);2-5,10,13H,6-9H2,1H3;1-4,9,13H,5-8H2,(H,14,16);2-5,10,14H,6-9,13H2,1H3;2-5H,1H3;6H,2-5,7H2,1H3;1H3;1,3H;;;1H/q;;;;;;;;;+1;/p-1/i;;;;;;1D;;;;. The zero-order valence-electron chi connectivity index (χ0n) is 55.1. The number of nitrogen functional groups attached to an aromatic ring is 1. The van der Waals surface area contributed by atoms with Crippen molar-refractivity contribution in [2.24, 2.45) is 5.73 Å². The predicted molar refractivity (Wildman–Crippen MR) is 359 cm³/mol. The molecule has 5 aliphatic heterocycles. The number of nitrogens with zero attached hydrogens (tertiary/aromatic N) is 8. The molecule has 5 saturated heterocycles. The Hall–Kier alpha value is -4.77. The number of anilines is 3. The Kier molecular flexibility index (Phi) is 38.0. The van der Waals surface area contributed by atoms with Gasteiger partial charge < -0.3 is 67.1 Å². The molecule has 12 rings (SSSR count). The van der Waals surface area contributed by atoms with Gasteiger partial charge in [-0.2, -0.15) is 0 Å². The number of nitro groups is 2. The molecule has 24 nitrogen and oxygen atoms in total. The number of halogens is 1. The molecule has 5 aliphatic rings. The Morgan fingerprint density at radius 2 is 0.945 bits per heavy atom. The van der Waals surface area contributed by atoms with E-state index in [0.29, 0.717) is 41.5 Å². The Bertz CT molecular complexity index is 3340. The summed E-state index contributed by atoms with van der Waals surface area (Å²) in [5.74, 6) is 0. The minimum atomic E-state index is -1.00. The van der Waals surface area contributed by atoms with Gasteiger partial charge in [-0.15, -0.1) is 0 Å². The molecule has 0 amide bonds. The first-order valence-electron chi connectivity index (χ1n) is 31.1. The maximum absolute atomic E-state index is 12.0. The van der Waals surface area contributed by atoms with Gasteiger partial charge in [-0.1, -0.05) is 66.7 Å². The Labute approximate surface area is 621 Å². The Morgan fingerprint density at radius 3 is 1.35 bits per heavy atom. The number of H-pyrrole nitrogens is 2. The molecule has 7 aromatic rings. The number of fused-ring (bicyclic) bond motifs is 2. The van der Waals surface area contributed by atoms with Crippen molar-refractivity contribution >= 4 is 108 Å². The van der Waals surface area contributed by atoms with Gasteiger partial charge >= 0.3 is 62.8 Å². The fourth-order valence-corrected chi connectivity index (χ4v) is 11.1. The molecule has 0 spiro atoms. The van der Waals surface area contributed by atoms with E-state index in [2.05, 4.69) is 78.6 Å². The van der Waals surface area contributed by atoms with Crippen LogP contribution in [0.3, 0.4) is 0 Å². The van der Waals surface area contributed by atoms with E-state index in [1.807, 2.05) is 88.0 Å². The molecule has 0 bridgehead atoms. The molecule has 5 aromatic carbocycles. The van der Waals surface area contributed by atoms with Crippen molar-refractivity contribution in [3.05, 3.63) is 168 Å². The summed E-state index contributed by atoms with van der Waals surface area (Å²) in [6, 6.07) is 39.3. The average molecular weight is 1320 g/mol. The largest absolute Gasteiger partial charge is 1.00 e. The van der Waals surface area contributed by atoms with Gasteiger partial charge in [0.25, 0.3) is 17.8 Å². The molecule has 0 unspecified atom stereocenters. The SMILES string of the molecule is CN1CCC(N)CC1.CN1CCC(Nc2ccccc2N)CC1.CN1CCC(Nc2ccccc2[N+](=O)[O-])CC1.CN1CCC(n2c(=O)[nH]c3ccccc32)CC1.Cc1ccccc1[N+](=O)[O-].O=CO[O-].O=c1[nH]c2ccccc2n1C1CCNCC1.[2H]CF.[HH].[K+].[K]. The molecule has 0 saturated carbocycles. The zero-order chi connectivity index (χ0) is 65.4. The molecule has 0 aliphatic carbocycles. The Morgan fingerprint density at radius 1 is 0.593 bits per heavy atom. The first-order valence-corrected chi connectivity index (χ1v) is 30.3. The Balaban J connectivity index is 0.000000375. The van der Waals surface area contributed by atoms with E-state index in [1.165, 1.54) is 64.0 Å². The normalized spacial score (nSPS) is 16.9. The smallest absolute Gasteiger partial charge is 0.662 e. The number of aryl methyl sites for hydroxylation is 1.